The maximum absolute atomic E-state index is 16.4. The molecule has 0 aliphatic carbocycles. The summed E-state index contributed by atoms with van der Waals surface area (Å²) in [6.45, 7) is 7.28. The zero-order valence-corrected chi connectivity index (χ0v) is 24.7. The van der Waals surface area contributed by atoms with Crippen LogP contribution in [0.4, 0.5) is 36.0 Å². The molecule has 3 amide bonds. The SMILES string of the molecule is COC1COCC1OC(=O)Nc1cc2cc(-c3cnc4c(c3C)N(C(=O)O)CCO4)c(F)c(NC(=O)OC(C)(C)C)c2cn1. The highest BCUT2D eigenvalue weighted by Gasteiger charge is 2.32. The van der Waals surface area contributed by atoms with Crippen LogP contribution in [0.25, 0.3) is 21.9 Å². The molecule has 3 N–H and O–H groups in total. The quantitative estimate of drug-likeness (QED) is 0.356. The molecule has 0 saturated carbocycles. The van der Waals surface area contributed by atoms with Crippen LogP contribution in [-0.4, -0.2) is 84.6 Å². The van der Waals surface area contributed by atoms with E-state index < -0.39 is 41.9 Å². The van der Waals surface area contributed by atoms with Crippen LogP contribution >= 0.6 is 0 Å². The number of carbonyl (C=O) groups excluding carboxylic acids is 2. The molecular weight excluding hydrogens is 581 g/mol. The summed E-state index contributed by atoms with van der Waals surface area (Å²) in [5.74, 6) is -0.645. The Hall–Kier alpha value is -4.76. The molecule has 2 aliphatic rings. The molecule has 1 aromatic carbocycles. The summed E-state index contributed by atoms with van der Waals surface area (Å²) in [4.78, 5) is 46.9. The van der Waals surface area contributed by atoms with E-state index in [0.717, 1.165) is 4.90 Å². The van der Waals surface area contributed by atoms with Crippen molar-refractivity contribution in [2.24, 2.45) is 0 Å². The number of benzene rings is 1. The number of pyridine rings is 2. The van der Waals surface area contributed by atoms with Crippen molar-refractivity contribution in [3.05, 3.63) is 35.9 Å². The fourth-order valence-corrected chi connectivity index (χ4v) is 4.98. The van der Waals surface area contributed by atoms with Gasteiger partial charge in [0.2, 0.25) is 5.88 Å². The van der Waals surface area contributed by atoms with Crippen LogP contribution in [0.1, 0.15) is 26.3 Å². The minimum Gasteiger partial charge on any atom is -0.474 e. The van der Waals surface area contributed by atoms with Crippen LogP contribution in [0.5, 0.6) is 5.88 Å². The second-order valence-electron chi connectivity index (χ2n) is 11.1. The van der Waals surface area contributed by atoms with Gasteiger partial charge in [0.05, 0.1) is 25.4 Å². The Morgan fingerprint density at radius 1 is 1.07 bits per heavy atom. The molecule has 0 spiro atoms. The fourth-order valence-electron chi connectivity index (χ4n) is 4.98. The number of amides is 3. The smallest absolute Gasteiger partial charge is 0.413 e. The number of carboxylic acid groups (broad SMARTS) is 1. The average molecular weight is 614 g/mol. The van der Waals surface area contributed by atoms with Gasteiger partial charge in [0.25, 0.3) is 0 Å². The largest absolute Gasteiger partial charge is 0.474 e. The molecule has 5 rings (SSSR count). The maximum atomic E-state index is 16.4. The summed E-state index contributed by atoms with van der Waals surface area (Å²) in [5, 5.41) is 15.4. The van der Waals surface area contributed by atoms with Gasteiger partial charge in [0, 0.05) is 36.0 Å². The molecule has 2 aliphatic heterocycles. The van der Waals surface area contributed by atoms with E-state index in [2.05, 4.69) is 20.6 Å². The minimum atomic E-state index is -1.21. The molecule has 15 heteroatoms. The van der Waals surface area contributed by atoms with Gasteiger partial charge in [-0.05, 0) is 50.8 Å². The molecular formula is C29H32FN5O9. The number of hydrogen-bond acceptors (Lipinski definition) is 10. The van der Waals surface area contributed by atoms with Crippen LogP contribution in [0.3, 0.4) is 0 Å². The lowest BCUT2D eigenvalue weighted by Crippen LogP contribution is -2.37. The van der Waals surface area contributed by atoms with Crippen molar-refractivity contribution in [2.75, 3.05) is 49.0 Å². The first-order valence-electron chi connectivity index (χ1n) is 13.7. The third kappa shape index (κ3) is 6.28. The van der Waals surface area contributed by atoms with Crippen molar-refractivity contribution < 1.29 is 47.6 Å². The second-order valence-corrected chi connectivity index (χ2v) is 11.1. The molecule has 3 aromatic rings. The zero-order chi connectivity index (χ0) is 31.8. The highest BCUT2D eigenvalue weighted by atomic mass is 19.1. The second kappa shape index (κ2) is 12.1. The molecule has 2 atom stereocenters. The van der Waals surface area contributed by atoms with Crippen LogP contribution < -0.4 is 20.3 Å². The number of halogens is 1. The Labute approximate surface area is 251 Å². The number of anilines is 3. The van der Waals surface area contributed by atoms with Gasteiger partial charge >= 0.3 is 18.3 Å². The predicted octanol–water partition coefficient (Wildman–Crippen LogP) is 4.93. The van der Waals surface area contributed by atoms with Crippen LogP contribution in [-0.2, 0) is 18.9 Å². The maximum Gasteiger partial charge on any atom is 0.413 e. The highest BCUT2D eigenvalue weighted by Crippen LogP contribution is 2.42. The van der Waals surface area contributed by atoms with Gasteiger partial charge in [-0.1, -0.05) is 0 Å². The van der Waals surface area contributed by atoms with Gasteiger partial charge in [0.15, 0.2) is 11.9 Å². The Bertz CT molecular complexity index is 1630. The fraction of sp³-hybridized carbons (Fsp3) is 0.414. The summed E-state index contributed by atoms with van der Waals surface area (Å²) < 4.78 is 43.2. The molecule has 2 aromatic heterocycles. The first-order valence-corrected chi connectivity index (χ1v) is 13.7. The molecule has 4 heterocycles. The van der Waals surface area contributed by atoms with Crippen molar-refractivity contribution in [2.45, 2.75) is 45.5 Å². The van der Waals surface area contributed by atoms with E-state index >= 15 is 4.39 Å². The number of carbonyl (C=O) groups is 3. The zero-order valence-electron chi connectivity index (χ0n) is 24.7. The predicted molar refractivity (Wildman–Crippen MR) is 156 cm³/mol. The molecule has 0 radical (unpaired) electrons. The Morgan fingerprint density at radius 3 is 2.52 bits per heavy atom. The summed E-state index contributed by atoms with van der Waals surface area (Å²) >= 11 is 0. The standard InChI is InChI=1S/C29H32FN5O9/c1-14-17(10-32-25-24(14)35(28(38)39)6-7-42-25)16-8-15-9-21(33-26(36)43-20-13-41-12-19(20)40-5)31-11-18(15)23(22(16)30)34-27(37)44-29(2,3)4/h8-11,19-20H,6-7,12-13H2,1-5H3,(H,34,37)(H,38,39)(H,31,33,36). The van der Waals surface area contributed by atoms with E-state index in [-0.39, 0.29) is 66.0 Å². The molecule has 234 valence electrons. The van der Waals surface area contributed by atoms with Gasteiger partial charge in [-0.3, -0.25) is 15.5 Å². The van der Waals surface area contributed by atoms with Gasteiger partial charge in [-0.25, -0.2) is 28.7 Å². The van der Waals surface area contributed by atoms with Crippen LogP contribution in [0.2, 0.25) is 0 Å². The average Bonchev–Trinajstić information content (AvgIpc) is 3.40. The first kappa shape index (κ1) is 30.7. The van der Waals surface area contributed by atoms with Crippen molar-refractivity contribution in [1.82, 2.24) is 9.97 Å². The molecule has 1 saturated heterocycles. The molecule has 1 fully saturated rings. The Morgan fingerprint density at radius 2 is 1.82 bits per heavy atom. The highest BCUT2D eigenvalue weighted by molar-refractivity contribution is 6.04. The number of nitrogens with zero attached hydrogens (tertiary/aromatic N) is 3. The number of fused-ring (bicyclic) bond motifs is 2. The van der Waals surface area contributed by atoms with Crippen LogP contribution in [0.15, 0.2) is 24.5 Å². The van der Waals surface area contributed by atoms with E-state index in [9.17, 15) is 19.5 Å². The van der Waals surface area contributed by atoms with E-state index in [1.165, 1.54) is 31.6 Å². The monoisotopic (exact) mass is 613 g/mol. The minimum absolute atomic E-state index is 0.00182. The normalized spacial score (nSPS) is 17.9. The lowest BCUT2D eigenvalue weighted by molar-refractivity contribution is 0.0117. The van der Waals surface area contributed by atoms with Crippen molar-refractivity contribution in [3.63, 3.8) is 0 Å². The molecule has 14 nitrogen and oxygen atoms in total. The number of hydrogen-bond donors (Lipinski definition) is 3. The number of rotatable bonds is 5. The number of ether oxygens (including phenoxy) is 5. The molecule has 44 heavy (non-hydrogen) atoms. The third-order valence-electron chi connectivity index (χ3n) is 6.97. The van der Waals surface area contributed by atoms with E-state index in [1.54, 1.807) is 27.7 Å². The van der Waals surface area contributed by atoms with Crippen molar-refractivity contribution in [3.8, 4) is 17.0 Å². The third-order valence-corrected chi connectivity index (χ3v) is 6.97. The van der Waals surface area contributed by atoms with E-state index in [4.69, 9.17) is 23.7 Å². The van der Waals surface area contributed by atoms with Crippen molar-refractivity contribution in [1.29, 1.82) is 0 Å². The number of nitrogens with one attached hydrogen (secondary N) is 2. The van der Waals surface area contributed by atoms with Crippen LogP contribution in [0, 0.1) is 12.7 Å². The van der Waals surface area contributed by atoms with Gasteiger partial charge in [-0.2, -0.15) is 0 Å². The first-order chi connectivity index (χ1) is 20.9. The number of methoxy groups -OCH3 is 1. The lowest BCUT2D eigenvalue weighted by atomic mass is 9.96. The molecule has 2 unspecified atom stereocenters. The Balaban J connectivity index is 1.58. The summed E-state index contributed by atoms with van der Waals surface area (Å²) in [6, 6.07) is 2.96. The summed E-state index contributed by atoms with van der Waals surface area (Å²) in [5.41, 5.74) is -0.269. The van der Waals surface area contributed by atoms with E-state index in [0.29, 0.717) is 10.9 Å². The summed E-state index contributed by atoms with van der Waals surface area (Å²) in [6.07, 6.45) is -1.27. The van der Waals surface area contributed by atoms with Crippen molar-refractivity contribution >= 4 is 46.2 Å². The number of aromatic nitrogens is 2. The lowest BCUT2D eigenvalue weighted by Gasteiger charge is -2.29. The van der Waals surface area contributed by atoms with E-state index in [1.807, 2.05) is 0 Å². The summed E-state index contributed by atoms with van der Waals surface area (Å²) in [7, 11) is 1.49. The molecule has 0 bridgehead atoms. The Kier molecular flexibility index (Phi) is 8.43. The van der Waals surface area contributed by atoms with Gasteiger partial charge in [-0.15, -0.1) is 0 Å². The van der Waals surface area contributed by atoms with Gasteiger partial charge < -0.3 is 28.8 Å². The topological polar surface area (TPSA) is 171 Å². The van der Waals surface area contributed by atoms with Gasteiger partial charge in [0.1, 0.15) is 29.8 Å².